The third kappa shape index (κ3) is 7.13. The van der Waals surface area contributed by atoms with Crippen molar-refractivity contribution in [1.29, 1.82) is 0 Å². The topological polar surface area (TPSA) is 75.7 Å². The minimum absolute atomic E-state index is 0.0454. The predicted octanol–water partition coefficient (Wildman–Crippen LogP) is 5.04. The Labute approximate surface area is 214 Å². The molecule has 0 saturated carbocycles. The average Bonchev–Trinajstić information content (AvgIpc) is 2.84. The van der Waals surface area contributed by atoms with Crippen molar-refractivity contribution >= 4 is 45.0 Å². The Morgan fingerprint density at radius 3 is 2.40 bits per heavy atom. The summed E-state index contributed by atoms with van der Waals surface area (Å²) >= 11 is 7.45. The summed E-state index contributed by atoms with van der Waals surface area (Å²) in [6, 6.07) is 17.4. The van der Waals surface area contributed by atoms with Crippen molar-refractivity contribution in [1.82, 2.24) is 5.32 Å². The lowest BCUT2D eigenvalue weighted by Gasteiger charge is -2.24. The molecule has 0 aliphatic carbocycles. The van der Waals surface area contributed by atoms with Crippen LogP contribution in [0.1, 0.15) is 11.1 Å². The van der Waals surface area contributed by atoms with Gasteiger partial charge in [0.2, 0.25) is 5.91 Å². The number of amides is 1. The fraction of sp³-hybridized carbons (Fsp3) is 0.240. The summed E-state index contributed by atoms with van der Waals surface area (Å²) in [6.45, 7) is 1.80. The number of carbonyl (C=O) groups is 1. The Bertz CT molecular complexity index is 1230. The van der Waals surface area contributed by atoms with Crippen molar-refractivity contribution < 1.29 is 22.3 Å². The van der Waals surface area contributed by atoms with Gasteiger partial charge in [0, 0.05) is 28.6 Å². The summed E-state index contributed by atoms with van der Waals surface area (Å²) in [7, 11) is -2.52. The molecular weight excluding hydrogens is 511 g/mol. The van der Waals surface area contributed by atoms with Gasteiger partial charge >= 0.3 is 0 Å². The number of nitrogens with zero attached hydrogens (tertiary/aromatic N) is 1. The molecule has 3 rings (SSSR count). The predicted molar refractivity (Wildman–Crippen MR) is 139 cm³/mol. The number of rotatable bonds is 11. The van der Waals surface area contributed by atoms with Crippen LogP contribution in [-0.2, 0) is 20.6 Å². The van der Waals surface area contributed by atoms with Gasteiger partial charge in [0.25, 0.3) is 10.0 Å². The van der Waals surface area contributed by atoms with E-state index >= 15 is 0 Å². The SMILES string of the molecule is COc1ccc(S(=O)(=O)N(CC(=O)NCCSCc2c(F)cccc2Cl)c2ccc(C)cc2)cc1. The van der Waals surface area contributed by atoms with Crippen LogP contribution >= 0.6 is 23.4 Å². The van der Waals surface area contributed by atoms with E-state index in [1.807, 2.05) is 6.92 Å². The minimum atomic E-state index is -4.01. The van der Waals surface area contributed by atoms with Gasteiger partial charge in [0.05, 0.1) is 17.7 Å². The minimum Gasteiger partial charge on any atom is -0.497 e. The molecule has 3 aromatic carbocycles. The zero-order valence-corrected chi connectivity index (χ0v) is 21.7. The highest BCUT2D eigenvalue weighted by atomic mass is 35.5. The van der Waals surface area contributed by atoms with Gasteiger partial charge in [-0.1, -0.05) is 35.4 Å². The molecule has 0 heterocycles. The molecule has 0 unspecified atom stereocenters. The van der Waals surface area contributed by atoms with Crippen molar-refractivity contribution in [2.75, 3.05) is 30.3 Å². The van der Waals surface area contributed by atoms with E-state index in [2.05, 4.69) is 5.32 Å². The maximum Gasteiger partial charge on any atom is 0.264 e. The van der Waals surface area contributed by atoms with Crippen molar-refractivity contribution in [2.24, 2.45) is 0 Å². The molecular formula is C25H26ClFN2O4S2. The van der Waals surface area contributed by atoms with Crippen LogP contribution in [-0.4, -0.2) is 40.3 Å². The fourth-order valence-corrected chi connectivity index (χ4v) is 5.81. The fourth-order valence-electron chi connectivity index (χ4n) is 3.19. The molecule has 0 spiro atoms. The molecule has 1 N–H and O–H groups in total. The van der Waals surface area contributed by atoms with E-state index in [-0.39, 0.29) is 17.3 Å². The second-order valence-corrected chi connectivity index (χ2v) is 11.0. The normalized spacial score (nSPS) is 11.2. The number of anilines is 1. The first kappa shape index (κ1) is 26.8. The molecule has 0 atom stereocenters. The van der Waals surface area contributed by atoms with Gasteiger partial charge in [-0.15, -0.1) is 0 Å². The van der Waals surface area contributed by atoms with E-state index in [1.54, 1.807) is 48.5 Å². The van der Waals surface area contributed by atoms with Gasteiger partial charge < -0.3 is 10.1 Å². The van der Waals surface area contributed by atoms with Crippen LogP contribution in [0.3, 0.4) is 0 Å². The Hall–Kier alpha value is -2.75. The van der Waals surface area contributed by atoms with Gasteiger partial charge in [-0.3, -0.25) is 9.10 Å². The van der Waals surface area contributed by atoms with Crippen LogP contribution in [0.15, 0.2) is 71.6 Å². The summed E-state index contributed by atoms with van der Waals surface area (Å²) in [5.41, 5.74) is 1.76. The number of methoxy groups -OCH3 is 1. The Morgan fingerprint density at radius 1 is 1.09 bits per heavy atom. The van der Waals surface area contributed by atoms with E-state index in [9.17, 15) is 17.6 Å². The number of hydrogen-bond donors (Lipinski definition) is 1. The lowest BCUT2D eigenvalue weighted by atomic mass is 10.2. The van der Waals surface area contributed by atoms with E-state index in [0.717, 1.165) is 9.87 Å². The molecule has 1 amide bonds. The number of halogens is 2. The smallest absolute Gasteiger partial charge is 0.264 e. The van der Waals surface area contributed by atoms with E-state index < -0.39 is 15.9 Å². The molecule has 0 saturated heterocycles. The molecule has 3 aromatic rings. The molecule has 0 fully saturated rings. The Morgan fingerprint density at radius 2 is 1.77 bits per heavy atom. The number of hydrogen-bond acceptors (Lipinski definition) is 5. The van der Waals surface area contributed by atoms with E-state index in [1.165, 1.54) is 37.1 Å². The summed E-state index contributed by atoms with van der Waals surface area (Å²) < 4.78 is 46.9. The molecule has 0 bridgehead atoms. The number of ether oxygens (including phenoxy) is 1. The third-order valence-electron chi connectivity index (χ3n) is 5.13. The average molecular weight is 537 g/mol. The largest absolute Gasteiger partial charge is 0.497 e. The lowest BCUT2D eigenvalue weighted by Crippen LogP contribution is -2.41. The van der Waals surface area contributed by atoms with Gasteiger partial charge in [0.1, 0.15) is 18.1 Å². The summed E-state index contributed by atoms with van der Waals surface area (Å²) in [4.78, 5) is 12.7. The Kier molecular flexibility index (Phi) is 9.42. The molecule has 6 nitrogen and oxygen atoms in total. The number of benzene rings is 3. The summed E-state index contributed by atoms with van der Waals surface area (Å²) in [5, 5.41) is 3.10. The number of sulfonamides is 1. The zero-order valence-electron chi connectivity index (χ0n) is 19.3. The van der Waals surface area contributed by atoms with Crippen LogP contribution < -0.4 is 14.4 Å². The Balaban J connectivity index is 1.66. The molecule has 10 heteroatoms. The standard InChI is InChI=1S/C25H26ClFN2O4S2/c1-18-6-8-19(9-7-18)29(35(31,32)21-12-10-20(33-2)11-13-21)16-25(30)28-14-15-34-17-22-23(26)4-3-5-24(22)27/h3-13H,14-17H2,1-2H3,(H,28,30). The van der Waals surface area contributed by atoms with Crippen LogP contribution in [0.25, 0.3) is 0 Å². The highest BCUT2D eigenvalue weighted by Gasteiger charge is 2.27. The quantitative estimate of drug-likeness (QED) is 0.347. The van der Waals surface area contributed by atoms with Crippen molar-refractivity contribution in [3.8, 4) is 5.75 Å². The molecule has 35 heavy (non-hydrogen) atoms. The summed E-state index contributed by atoms with van der Waals surface area (Å²) in [5.74, 6) is 0.575. The lowest BCUT2D eigenvalue weighted by molar-refractivity contribution is -0.119. The number of thioether (sulfide) groups is 1. The van der Waals surface area contributed by atoms with Crippen LogP contribution in [0.2, 0.25) is 5.02 Å². The maximum atomic E-state index is 13.9. The maximum absolute atomic E-state index is 13.9. The molecule has 186 valence electrons. The monoisotopic (exact) mass is 536 g/mol. The van der Waals surface area contributed by atoms with Gasteiger partial charge in [0.15, 0.2) is 0 Å². The zero-order chi connectivity index (χ0) is 25.4. The van der Waals surface area contributed by atoms with Crippen LogP contribution in [0.5, 0.6) is 5.75 Å². The van der Waals surface area contributed by atoms with Crippen molar-refractivity contribution in [3.63, 3.8) is 0 Å². The number of aryl methyl sites for hydroxylation is 1. The van der Waals surface area contributed by atoms with E-state index in [4.69, 9.17) is 16.3 Å². The van der Waals surface area contributed by atoms with Gasteiger partial charge in [-0.25, -0.2) is 12.8 Å². The first-order valence-corrected chi connectivity index (χ1v) is 13.7. The highest BCUT2D eigenvalue weighted by molar-refractivity contribution is 7.98. The van der Waals surface area contributed by atoms with Crippen molar-refractivity contribution in [2.45, 2.75) is 17.6 Å². The molecule has 0 radical (unpaired) electrons. The second-order valence-electron chi connectivity index (χ2n) is 7.63. The van der Waals surface area contributed by atoms with Crippen molar-refractivity contribution in [3.05, 3.63) is 88.7 Å². The third-order valence-corrected chi connectivity index (χ3v) is 8.26. The number of nitrogens with one attached hydrogen (secondary N) is 1. The van der Waals surface area contributed by atoms with Crippen LogP contribution in [0, 0.1) is 12.7 Å². The first-order valence-electron chi connectivity index (χ1n) is 10.7. The van der Waals surface area contributed by atoms with Gasteiger partial charge in [-0.05, 0) is 55.5 Å². The molecule has 0 aromatic heterocycles. The second kappa shape index (κ2) is 12.3. The highest BCUT2D eigenvalue weighted by Crippen LogP contribution is 2.26. The first-order chi connectivity index (χ1) is 16.7. The van der Waals surface area contributed by atoms with Crippen LogP contribution in [0.4, 0.5) is 10.1 Å². The number of carbonyl (C=O) groups excluding carboxylic acids is 1. The molecule has 0 aliphatic rings. The summed E-state index contributed by atoms with van der Waals surface area (Å²) in [6.07, 6.45) is 0. The molecule has 0 aliphatic heterocycles. The van der Waals surface area contributed by atoms with Gasteiger partial charge in [-0.2, -0.15) is 11.8 Å². The van der Waals surface area contributed by atoms with E-state index in [0.29, 0.717) is 40.1 Å².